The van der Waals surface area contributed by atoms with Gasteiger partial charge in [0.25, 0.3) is 0 Å². The zero-order valence-electron chi connectivity index (χ0n) is 6.99. The van der Waals surface area contributed by atoms with Gasteiger partial charge in [-0.1, -0.05) is 21.1 Å². The Bertz CT molecular complexity index is 339. The van der Waals surface area contributed by atoms with E-state index in [9.17, 15) is 0 Å². The fraction of sp³-hybridized carbons (Fsp3) is 0.125. The second kappa shape index (κ2) is 4.13. The zero-order valence-corrected chi connectivity index (χ0v) is 8.58. The first-order valence-electron chi connectivity index (χ1n) is 3.50. The summed E-state index contributed by atoms with van der Waals surface area (Å²) in [5.41, 5.74) is 5.99. The van der Waals surface area contributed by atoms with Crippen LogP contribution in [0, 0.1) is 0 Å². The lowest BCUT2D eigenvalue weighted by Gasteiger charge is -2.06. The summed E-state index contributed by atoms with van der Waals surface area (Å²) in [5, 5.41) is 11.4. The average Bonchev–Trinajstić information content (AvgIpc) is 2.16. The molecule has 0 saturated carbocycles. The van der Waals surface area contributed by atoms with Crippen LogP contribution in [0.25, 0.3) is 0 Å². The molecule has 0 saturated heterocycles. The first-order chi connectivity index (χ1) is 6.19. The van der Waals surface area contributed by atoms with E-state index in [-0.39, 0.29) is 5.84 Å². The first-order valence-corrected chi connectivity index (χ1v) is 4.29. The van der Waals surface area contributed by atoms with Gasteiger partial charge in [0, 0.05) is 4.47 Å². The highest BCUT2D eigenvalue weighted by Crippen LogP contribution is 2.22. The fourth-order valence-electron chi connectivity index (χ4n) is 0.934. The Labute approximate surface area is 84.1 Å². The molecule has 0 aliphatic rings. The second-order valence-corrected chi connectivity index (χ2v) is 3.25. The molecule has 0 spiro atoms. The summed E-state index contributed by atoms with van der Waals surface area (Å²) >= 11 is 3.28. The Balaban J connectivity index is 3.23. The van der Waals surface area contributed by atoms with Crippen LogP contribution in [0.5, 0.6) is 5.75 Å². The molecule has 0 radical (unpaired) electrons. The molecule has 1 rings (SSSR count). The van der Waals surface area contributed by atoms with Crippen LogP contribution in [-0.4, -0.2) is 18.2 Å². The molecule has 1 aromatic carbocycles. The van der Waals surface area contributed by atoms with Crippen molar-refractivity contribution in [1.82, 2.24) is 0 Å². The molecule has 4 nitrogen and oxygen atoms in total. The van der Waals surface area contributed by atoms with E-state index in [0.29, 0.717) is 11.3 Å². The summed E-state index contributed by atoms with van der Waals surface area (Å²) in [4.78, 5) is 0. The molecule has 0 bridgehead atoms. The Hall–Kier alpha value is -1.23. The summed E-state index contributed by atoms with van der Waals surface area (Å²) in [6.07, 6.45) is 0. The van der Waals surface area contributed by atoms with E-state index in [1.807, 2.05) is 6.07 Å². The van der Waals surface area contributed by atoms with Gasteiger partial charge >= 0.3 is 0 Å². The number of ether oxygens (including phenoxy) is 1. The monoisotopic (exact) mass is 244 g/mol. The Kier molecular flexibility index (Phi) is 3.13. The standard InChI is InChI=1S/C8H9BrN2O2/c1-13-7-3-2-5(9)4-6(7)8(10)11-12/h2-4,12H,1H3,(H2,10,11). The number of nitrogens with zero attached hydrogens (tertiary/aromatic N) is 1. The Morgan fingerprint density at radius 2 is 2.31 bits per heavy atom. The van der Waals surface area contributed by atoms with Gasteiger partial charge in [-0.3, -0.25) is 0 Å². The minimum absolute atomic E-state index is 0.0261. The smallest absolute Gasteiger partial charge is 0.173 e. The van der Waals surface area contributed by atoms with Crippen molar-refractivity contribution in [2.75, 3.05) is 7.11 Å². The summed E-state index contributed by atoms with van der Waals surface area (Å²) < 4.78 is 5.87. The molecule has 0 aliphatic carbocycles. The third-order valence-electron chi connectivity index (χ3n) is 1.55. The first kappa shape index (κ1) is 9.85. The molecule has 13 heavy (non-hydrogen) atoms. The maximum atomic E-state index is 8.49. The summed E-state index contributed by atoms with van der Waals surface area (Å²) in [5.74, 6) is 0.594. The predicted molar refractivity (Wildman–Crippen MR) is 53.2 cm³/mol. The van der Waals surface area contributed by atoms with Crippen LogP contribution < -0.4 is 10.5 Å². The second-order valence-electron chi connectivity index (χ2n) is 2.33. The van der Waals surface area contributed by atoms with Crippen molar-refractivity contribution >= 4 is 21.8 Å². The molecule has 0 aromatic heterocycles. The van der Waals surface area contributed by atoms with Crippen LogP contribution in [0.4, 0.5) is 0 Å². The highest BCUT2D eigenvalue weighted by atomic mass is 79.9. The molecule has 5 heteroatoms. The Morgan fingerprint density at radius 3 is 2.85 bits per heavy atom. The highest BCUT2D eigenvalue weighted by molar-refractivity contribution is 9.10. The number of methoxy groups -OCH3 is 1. The third kappa shape index (κ3) is 2.12. The van der Waals surface area contributed by atoms with Crippen molar-refractivity contribution < 1.29 is 9.94 Å². The van der Waals surface area contributed by atoms with Gasteiger partial charge in [-0.05, 0) is 18.2 Å². The van der Waals surface area contributed by atoms with Gasteiger partial charge in [0.05, 0.1) is 12.7 Å². The van der Waals surface area contributed by atoms with Crippen LogP contribution in [0.3, 0.4) is 0 Å². The number of nitrogens with two attached hydrogens (primary N) is 1. The quantitative estimate of drug-likeness (QED) is 0.359. The van der Waals surface area contributed by atoms with Gasteiger partial charge in [0.2, 0.25) is 0 Å². The molecule has 1 aromatic rings. The zero-order chi connectivity index (χ0) is 9.84. The molecular formula is C8H9BrN2O2. The van der Waals surface area contributed by atoms with Gasteiger partial charge in [-0.25, -0.2) is 0 Å². The lowest BCUT2D eigenvalue weighted by Crippen LogP contribution is -2.14. The summed E-state index contributed by atoms with van der Waals surface area (Å²) in [6, 6.07) is 5.26. The van der Waals surface area contributed by atoms with E-state index >= 15 is 0 Å². The maximum absolute atomic E-state index is 8.49. The van der Waals surface area contributed by atoms with E-state index in [0.717, 1.165) is 4.47 Å². The van der Waals surface area contributed by atoms with E-state index in [2.05, 4.69) is 21.1 Å². The average molecular weight is 245 g/mol. The van der Waals surface area contributed by atoms with Crippen molar-refractivity contribution in [2.24, 2.45) is 10.9 Å². The minimum Gasteiger partial charge on any atom is -0.496 e. The molecule has 0 heterocycles. The van der Waals surface area contributed by atoms with E-state index in [1.54, 1.807) is 12.1 Å². The van der Waals surface area contributed by atoms with Crippen LogP contribution in [0.15, 0.2) is 27.8 Å². The summed E-state index contributed by atoms with van der Waals surface area (Å²) in [6.45, 7) is 0. The third-order valence-corrected chi connectivity index (χ3v) is 2.04. The number of halogens is 1. The number of amidine groups is 1. The normalized spacial score (nSPS) is 11.4. The van der Waals surface area contributed by atoms with E-state index < -0.39 is 0 Å². The molecular weight excluding hydrogens is 236 g/mol. The topological polar surface area (TPSA) is 67.8 Å². The van der Waals surface area contributed by atoms with Crippen LogP contribution >= 0.6 is 15.9 Å². The molecule has 0 fully saturated rings. The molecule has 3 N–H and O–H groups in total. The number of rotatable bonds is 2. The van der Waals surface area contributed by atoms with E-state index in [4.69, 9.17) is 15.7 Å². The van der Waals surface area contributed by atoms with Crippen molar-refractivity contribution in [3.05, 3.63) is 28.2 Å². The molecule has 0 atom stereocenters. The number of benzene rings is 1. The largest absolute Gasteiger partial charge is 0.496 e. The van der Waals surface area contributed by atoms with Crippen molar-refractivity contribution in [2.45, 2.75) is 0 Å². The Morgan fingerprint density at radius 1 is 1.62 bits per heavy atom. The van der Waals surface area contributed by atoms with Crippen molar-refractivity contribution in [3.8, 4) is 5.75 Å². The molecule has 0 amide bonds. The van der Waals surface area contributed by atoms with Crippen LogP contribution in [0.1, 0.15) is 5.56 Å². The predicted octanol–water partition coefficient (Wildman–Crippen LogP) is 1.55. The molecule has 70 valence electrons. The fourth-order valence-corrected chi connectivity index (χ4v) is 1.30. The summed E-state index contributed by atoms with van der Waals surface area (Å²) in [7, 11) is 1.53. The molecule has 0 unspecified atom stereocenters. The van der Waals surface area contributed by atoms with Gasteiger partial charge in [-0.2, -0.15) is 0 Å². The van der Waals surface area contributed by atoms with Gasteiger partial charge < -0.3 is 15.7 Å². The lowest BCUT2D eigenvalue weighted by molar-refractivity contribution is 0.318. The number of hydrogen-bond acceptors (Lipinski definition) is 3. The van der Waals surface area contributed by atoms with Gasteiger partial charge in [0.15, 0.2) is 5.84 Å². The molecule has 0 aliphatic heterocycles. The van der Waals surface area contributed by atoms with Crippen LogP contribution in [-0.2, 0) is 0 Å². The van der Waals surface area contributed by atoms with E-state index in [1.165, 1.54) is 7.11 Å². The van der Waals surface area contributed by atoms with Crippen molar-refractivity contribution in [1.29, 1.82) is 0 Å². The minimum atomic E-state index is 0.0261. The van der Waals surface area contributed by atoms with Gasteiger partial charge in [-0.15, -0.1) is 0 Å². The number of oxime groups is 1. The highest BCUT2D eigenvalue weighted by Gasteiger charge is 2.07. The SMILES string of the molecule is COc1ccc(Br)cc1/C(N)=N\O. The maximum Gasteiger partial charge on any atom is 0.173 e. The van der Waals surface area contributed by atoms with Gasteiger partial charge in [0.1, 0.15) is 5.75 Å². The lowest BCUT2D eigenvalue weighted by atomic mass is 10.2. The number of hydrogen-bond donors (Lipinski definition) is 2. The van der Waals surface area contributed by atoms with Crippen molar-refractivity contribution in [3.63, 3.8) is 0 Å². The van der Waals surface area contributed by atoms with Crippen LogP contribution in [0.2, 0.25) is 0 Å².